The molecule has 1 aliphatic carbocycles. The lowest BCUT2D eigenvalue weighted by Crippen LogP contribution is -2.40. The van der Waals surface area contributed by atoms with Crippen LogP contribution in [0.5, 0.6) is 0 Å². The Bertz CT molecular complexity index is 556. The molecule has 2 aliphatic rings. The molecule has 0 fully saturated rings. The Morgan fingerprint density at radius 3 is 2.47 bits per heavy atom. The minimum Gasteiger partial charge on any atom is -0.288 e. The van der Waals surface area contributed by atoms with Crippen LogP contribution in [0, 0.1) is 11.8 Å². The highest BCUT2D eigenvalue weighted by molar-refractivity contribution is 5.98. The molecule has 1 aromatic rings. The number of nitrogens with zero attached hydrogens (tertiary/aromatic N) is 1. The van der Waals surface area contributed by atoms with E-state index in [9.17, 15) is 4.79 Å². The standard InChI is InChI=1S/C17H19NO/c1-12-10-14-8-9-18(15-6-4-3-5-7-15)17(19)16(14)11-13(12)2/h3-9,14,16H,10-11H2,1-2H3/t14-,16-/m1/s1. The third kappa shape index (κ3) is 2.12. The van der Waals surface area contributed by atoms with E-state index in [0.717, 1.165) is 18.5 Å². The third-order valence-corrected chi connectivity index (χ3v) is 4.38. The number of amides is 1. The lowest BCUT2D eigenvalue weighted by atomic mass is 9.74. The van der Waals surface area contributed by atoms with Crippen LogP contribution in [0.15, 0.2) is 53.8 Å². The van der Waals surface area contributed by atoms with Gasteiger partial charge >= 0.3 is 0 Å². The molecule has 0 radical (unpaired) electrons. The van der Waals surface area contributed by atoms with Gasteiger partial charge in [0.1, 0.15) is 0 Å². The summed E-state index contributed by atoms with van der Waals surface area (Å²) in [5.41, 5.74) is 3.80. The van der Waals surface area contributed by atoms with Crippen molar-refractivity contribution in [2.75, 3.05) is 4.90 Å². The van der Waals surface area contributed by atoms with Gasteiger partial charge in [0.15, 0.2) is 0 Å². The van der Waals surface area contributed by atoms with E-state index in [2.05, 4.69) is 19.9 Å². The van der Waals surface area contributed by atoms with Crippen molar-refractivity contribution < 1.29 is 4.79 Å². The molecule has 19 heavy (non-hydrogen) atoms. The minimum absolute atomic E-state index is 0.119. The quantitative estimate of drug-likeness (QED) is 0.695. The molecule has 0 spiro atoms. The number of anilines is 1. The Morgan fingerprint density at radius 1 is 1.05 bits per heavy atom. The van der Waals surface area contributed by atoms with Crippen molar-refractivity contribution in [1.29, 1.82) is 0 Å². The van der Waals surface area contributed by atoms with Crippen molar-refractivity contribution in [3.8, 4) is 0 Å². The molecule has 0 unspecified atom stereocenters. The second-order valence-electron chi connectivity index (χ2n) is 5.62. The van der Waals surface area contributed by atoms with Crippen LogP contribution in [0.4, 0.5) is 5.69 Å². The fourth-order valence-electron chi connectivity index (χ4n) is 3.05. The Morgan fingerprint density at radius 2 is 1.74 bits per heavy atom. The van der Waals surface area contributed by atoms with Crippen LogP contribution >= 0.6 is 0 Å². The third-order valence-electron chi connectivity index (χ3n) is 4.38. The van der Waals surface area contributed by atoms with E-state index < -0.39 is 0 Å². The molecule has 2 nitrogen and oxygen atoms in total. The van der Waals surface area contributed by atoms with Gasteiger partial charge in [-0.1, -0.05) is 35.4 Å². The number of fused-ring (bicyclic) bond motifs is 1. The van der Waals surface area contributed by atoms with Crippen LogP contribution in [-0.4, -0.2) is 5.91 Å². The summed E-state index contributed by atoms with van der Waals surface area (Å²) in [6.45, 7) is 4.34. The molecule has 2 heteroatoms. The molecule has 0 saturated heterocycles. The Hall–Kier alpha value is -1.83. The summed E-state index contributed by atoms with van der Waals surface area (Å²) in [5, 5.41) is 0. The first-order chi connectivity index (χ1) is 9.16. The zero-order valence-electron chi connectivity index (χ0n) is 11.5. The van der Waals surface area contributed by atoms with Gasteiger partial charge in [-0.05, 0) is 44.7 Å². The highest BCUT2D eigenvalue weighted by atomic mass is 16.2. The number of hydrogen-bond donors (Lipinski definition) is 0. The number of para-hydroxylation sites is 1. The van der Waals surface area contributed by atoms with E-state index in [1.165, 1.54) is 11.1 Å². The smallest absolute Gasteiger partial charge is 0.235 e. The molecule has 1 heterocycles. The maximum atomic E-state index is 12.7. The zero-order valence-corrected chi connectivity index (χ0v) is 11.5. The van der Waals surface area contributed by atoms with E-state index in [1.807, 2.05) is 36.5 Å². The summed E-state index contributed by atoms with van der Waals surface area (Å²) in [7, 11) is 0. The van der Waals surface area contributed by atoms with Crippen molar-refractivity contribution >= 4 is 11.6 Å². The van der Waals surface area contributed by atoms with E-state index in [1.54, 1.807) is 4.90 Å². The van der Waals surface area contributed by atoms with Gasteiger partial charge in [-0.25, -0.2) is 0 Å². The van der Waals surface area contributed by atoms with Crippen LogP contribution in [0.3, 0.4) is 0 Å². The van der Waals surface area contributed by atoms with Crippen LogP contribution in [0.2, 0.25) is 0 Å². The molecule has 98 valence electrons. The fourth-order valence-corrected chi connectivity index (χ4v) is 3.05. The number of carbonyl (C=O) groups is 1. The van der Waals surface area contributed by atoms with Gasteiger partial charge in [0, 0.05) is 17.8 Å². The number of hydrogen-bond acceptors (Lipinski definition) is 1. The average molecular weight is 253 g/mol. The minimum atomic E-state index is 0.119. The summed E-state index contributed by atoms with van der Waals surface area (Å²) in [4.78, 5) is 14.5. The number of benzene rings is 1. The average Bonchev–Trinajstić information content (AvgIpc) is 2.42. The molecular formula is C17H19NO. The van der Waals surface area contributed by atoms with Crippen molar-refractivity contribution in [1.82, 2.24) is 0 Å². The van der Waals surface area contributed by atoms with E-state index in [-0.39, 0.29) is 11.8 Å². The van der Waals surface area contributed by atoms with Gasteiger partial charge in [-0.2, -0.15) is 0 Å². The SMILES string of the molecule is CC1=C(C)C[C@H]2C(=O)N(c3ccccc3)C=C[C@@H]2C1. The van der Waals surface area contributed by atoms with Crippen LogP contribution in [0.1, 0.15) is 26.7 Å². The number of rotatable bonds is 1. The molecule has 0 saturated carbocycles. The molecule has 1 amide bonds. The second kappa shape index (κ2) is 4.69. The molecule has 1 aromatic carbocycles. The highest BCUT2D eigenvalue weighted by Crippen LogP contribution is 2.39. The molecule has 0 N–H and O–H groups in total. The van der Waals surface area contributed by atoms with Gasteiger partial charge in [-0.3, -0.25) is 9.69 Å². The summed E-state index contributed by atoms with van der Waals surface area (Å²) in [6, 6.07) is 9.89. The van der Waals surface area contributed by atoms with Crippen molar-refractivity contribution in [3.63, 3.8) is 0 Å². The van der Waals surface area contributed by atoms with Gasteiger partial charge in [0.25, 0.3) is 0 Å². The molecule has 0 aromatic heterocycles. The molecule has 0 bridgehead atoms. The van der Waals surface area contributed by atoms with Gasteiger partial charge < -0.3 is 0 Å². The Balaban J connectivity index is 1.91. The van der Waals surface area contributed by atoms with Crippen LogP contribution in [-0.2, 0) is 4.79 Å². The lowest BCUT2D eigenvalue weighted by molar-refractivity contribution is -0.123. The van der Waals surface area contributed by atoms with E-state index >= 15 is 0 Å². The normalized spacial score (nSPS) is 26.6. The predicted octanol–water partition coefficient (Wildman–Crippen LogP) is 3.91. The lowest BCUT2D eigenvalue weighted by Gasteiger charge is -2.37. The molecule has 2 atom stereocenters. The largest absolute Gasteiger partial charge is 0.288 e. The maximum Gasteiger partial charge on any atom is 0.235 e. The molecule has 3 rings (SSSR count). The van der Waals surface area contributed by atoms with Crippen LogP contribution < -0.4 is 4.90 Å². The van der Waals surface area contributed by atoms with Gasteiger partial charge in [0.05, 0.1) is 0 Å². The van der Waals surface area contributed by atoms with Crippen molar-refractivity contribution in [2.45, 2.75) is 26.7 Å². The summed E-state index contributed by atoms with van der Waals surface area (Å²) in [6.07, 6.45) is 6.09. The maximum absolute atomic E-state index is 12.7. The summed E-state index contributed by atoms with van der Waals surface area (Å²) in [5.74, 6) is 0.746. The predicted molar refractivity (Wildman–Crippen MR) is 77.7 cm³/mol. The summed E-state index contributed by atoms with van der Waals surface area (Å²) >= 11 is 0. The Kier molecular flexibility index (Phi) is 3.02. The zero-order chi connectivity index (χ0) is 13.4. The summed E-state index contributed by atoms with van der Waals surface area (Å²) < 4.78 is 0. The van der Waals surface area contributed by atoms with Crippen molar-refractivity contribution in [2.24, 2.45) is 11.8 Å². The van der Waals surface area contributed by atoms with Gasteiger partial charge in [-0.15, -0.1) is 0 Å². The first kappa shape index (κ1) is 12.2. The first-order valence-corrected chi connectivity index (χ1v) is 6.88. The highest BCUT2D eigenvalue weighted by Gasteiger charge is 2.36. The monoisotopic (exact) mass is 253 g/mol. The van der Waals surface area contributed by atoms with Crippen molar-refractivity contribution in [3.05, 3.63) is 53.8 Å². The topological polar surface area (TPSA) is 20.3 Å². The van der Waals surface area contributed by atoms with E-state index in [0.29, 0.717) is 5.92 Å². The second-order valence-corrected chi connectivity index (χ2v) is 5.62. The first-order valence-electron chi connectivity index (χ1n) is 6.88. The Labute approximate surface area is 114 Å². The fraction of sp³-hybridized carbons (Fsp3) is 0.353. The molecular weight excluding hydrogens is 234 g/mol. The number of allylic oxidation sites excluding steroid dienone is 3. The molecule has 1 aliphatic heterocycles. The van der Waals surface area contributed by atoms with Crippen LogP contribution in [0.25, 0.3) is 0 Å². The number of carbonyl (C=O) groups excluding carboxylic acids is 1. The van der Waals surface area contributed by atoms with E-state index in [4.69, 9.17) is 0 Å². The van der Waals surface area contributed by atoms with Gasteiger partial charge in [0.2, 0.25) is 5.91 Å².